The molecule has 2 aromatic rings. The van der Waals surface area contributed by atoms with Crippen molar-refractivity contribution in [3.05, 3.63) is 58.2 Å². The highest BCUT2D eigenvalue weighted by Gasteiger charge is 2.61. The third-order valence-corrected chi connectivity index (χ3v) is 9.06. The molecule has 3 atom stereocenters. The van der Waals surface area contributed by atoms with E-state index in [0.29, 0.717) is 38.5 Å². The van der Waals surface area contributed by atoms with Crippen molar-refractivity contribution in [3.8, 4) is 5.75 Å². The van der Waals surface area contributed by atoms with E-state index in [1.54, 1.807) is 13.1 Å². The SMILES string of the molecule is C.CC.CCc1c(F)ccc2c1CCO2.CN1N2CNCC3(C)CC1(C2)C(=O)N(CC(F)(F)F)Cc1nc(C(C)(C)C)ccc13. The number of hydrogen-bond acceptors (Lipinski definition) is 6. The van der Waals surface area contributed by atoms with Gasteiger partial charge in [0, 0.05) is 48.6 Å². The lowest BCUT2D eigenvalue weighted by Gasteiger charge is -2.62. The summed E-state index contributed by atoms with van der Waals surface area (Å²) in [5.41, 5.74) is 2.58. The monoisotopic (exact) mass is 637 g/mol. The Morgan fingerprint density at radius 3 is 2.40 bits per heavy atom. The molecule has 5 aliphatic heterocycles. The topological polar surface area (TPSA) is 60.9 Å². The van der Waals surface area contributed by atoms with E-state index in [-0.39, 0.29) is 25.2 Å². The third kappa shape index (κ3) is 7.15. The Morgan fingerprint density at radius 2 is 1.80 bits per heavy atom. The molecule has 1 amide bonds. The molecule has 1 aromatic heterocycles. The Morgan fingerprint density at radius 1 is 1.11 bits per heavy atom. The molecule has 3 saturated heterocycles. The van der Waals surface area contributed by atoms with Gasteiger partial charge in [-0.3, -0.25) is 9.78 Å². The van der Waals surface area contributed by atoms with Crippen molar-refractivity contribution < 1.29 is 27.1 Å². The second-order valence-electron chi connectivity index (χ2n) is 13.2. The number of fused-ring (bicyclic) bond motifs is 4. The van der Waals surface area contributed by atoms with Gasteiger partial charge in [-0.25, -0.2) is 14.4 Å². The normalized spacial score (nSPS) is 25.6. The molecule has 1 aromatic carbocycles. The summed E-state index contributed by atoms with van der Waals surface area (Å²) in [7, 11) is 1.80. The Hall–Kier alpha value is -2.76. The van der Waals surface area contributed by atoms with E-state index in [2.05, 4.69) is 12.2 Å². The number of carbonyl (C=O) groups is 1. The number of benzene rings is 1. The molecule has 5 aliphatic rings. The summed E-state index contributed by atoms with van der Waals surface area (Å²) in [6, 6.07) is 7.20. The smallest absolute Gasteiger partial charge is 0.406 e. The van der Waals surface area contributed by atoms with Crippen molar-refractivity contribution in [2.75, 3.05) is 40.0 Å². The Kier molecular flexibility index (Phi) is 11.0. The van der Waals surface area contributed by atoms with Crippen LogP contribution in [0.2, 0.25) is 0 Å². The van der Waals surface area contributed by atoms with Crippen LogP contribution < -0.4 is 10.1 Å². The zero-order valence-electron chi connectivity index (χ0n) is 27.3. The first kappa shape index (κ1) is 36.7. The molecule has 1 spiro atoms. The first-order valence-electron chi connectivity index (χ1n) is 15.6. The predicted molar refractivity (Wildman–Crippen MR) is 170 cm³/mol. The second-order valence-corrected chi connectivity index (χ2v) is 13.2. The van der Waals surface area contributed by atoms with Gasteiger partial charge in [-0.15, -0.1) is 0 Å². The molecule has 7 nitrogen and oxygen atoms in total. The van der Waals surface area contributed by atoms with Crippen molar-refractivity contribution in [1.82, 2.24) is 25.2 Å². The molecule has 3 bridgehead atoms. The fourth-order valence-electron chi connectivity index (χ4n) is 6.85. The van der Waals surface area contributed by atoms with Gasteiger partial charge in [-0.2, -0.15) is 13.2 Å². The number of hydrogen-bond donors (Lipinski definition) is 1. The average Bonchev–Trinajstić information content (AvgIpc) is 3.42. The number of aromatic nitrogens is 1. The predicted octanol–water partition coefficient (Wildman–Crippen LogP) is 6.38. The number of rotatable bonds is 2. The number of carbonyl (C=O) groups excluding carboxylic acids is 1. The van der Waals surface area contributed by atoms with E-state index >= 15 is 0 Å². The number of amides is 1. The summed E-state index contributed by atoms with van der Waals surface area (Å²) < 4.78 is 58.8. The van der Waals surface area contributed by atoms with E-state index in [0.717, 1.165) is 45.9 Å². The molecule has 0 saturated carbocycles. The Bertz CT molecular complexity index is 1360. The molecule has 3 unspecified atom stereocenters. The van der Waals surface area contributed by atoms with E-state index in [1.807, 2.05) is 63.7 Å². The summed E-state index contributed by atoms with van der Waals surface area (Å²) in [6.07, 6.45) is -2.42. The lowest BCUT2D eigenvalue weighted by molar-refractivity contribution is -0.234. The molecule has 6 heterocycles. The first-order chi connectivity index (χ1) is 20.6. The van der Waals surface area contributed by atoms with E-state index in [9.17, 15) is 22.4 Å². The van der Waals surface area contributed by atoms with Crippen molar-refractivity contribution in [2.24, 2.45) is 0 Å². The largest absolute Gasteiger partial charge is 0.493 e. The van der Waals surface area contributed by atoms with E-state index in [1.165, 1.54) is 6.07 Å². The highest BCUT2D eigenvalue weighted by atomic mass is 19.4. The molecule has 11 heteroatoms. The third-order valence-electron chi connectivity index (χ3n) is 9.06. The van der Waals surface area contributed by atoms with Gasteiger partial charge in [0.1, 0.15) is 23.7 Å². The van der Waals surface area contributed by atoms with E-state index in [4.69, 9.17) is 9.72 Å². The minimum absolute atomic E-state index is 0. The molecule has 0 radical (unpaired) electrons. The van der Waals surface area contributed by atoms with Crippen LogP contribution in [0.5, 0.6) is 5.75 Å². The van der Waals surface area contributed by atoms with Crippen LogP contribution in [0.1, 0.15) is 90.4 Å². The quantitative estimate of drug-likeness (QED) is 0.386. The molecular weight excluding hydrogens is 586 g/mol. The van der Waals surface area contributed by atoms with Gasteiger partial charge in [0.2, 0.25) is 5.91 Å². The van der Waals surface area contributed by atoms with Gasteiger partial charge in [0.15, 0.2) is 0 Å². The number of pyridine rings is 1. The minimum atomic E-state index is -4.47. The van der Waals surface area contributed by atoms with Gasteiger partial charge in [-0.1, -0.05) is 62.0 Å². The van der Waals surface area contributed by atoms with Crippen LogP contribution in [0.15, 0.2) is 24.3 Å². The van der Waals surface area contributed by atoms with Crippen LogP contribution in [0.3, 0.4) is 0 Å². The average molecular weight is 638 g/mol. The number of nitrogens with zero attached hydrogens (tertiary/aromatic N) is 4. The molecule has 45 heavy (non-hydrogen) atoms. The van der Waals surface area contributed by atoms with Gasteiger partial charge in [0.25, 0.3) is 0 Å². The van der Waals surface area contributed by atoms with Gasteiger partial charge < -0.3 is 15.0 Å². The molecule has 252 valence electrons. The highest BCUT2D eigenvalue weighted by Crippen LogP contribution is 2.46. The van der Waals surface area contributed by atoms with Crippen LogP contribution in [0.4, 0.5) is 17.6 Å². The summed E-state index contributed by atoms with van der Waals surface area (Å²) in [4.78, 5) is 19.3. The number of ether oxygens (including phenoxy) is 1. The van der Waals surface area contributed by atoms with Gasteiger partial charge >= 0.3 is 6.18 Å². The van der Waals surface area contributed by atoms with Crippen LogP contribution in [-0.2, 0) is 35.0 Å². The number of likely N-dealkylation sites (N-methyl/N-ethyl adjacent to an activating group) is 1. The lowest BCUT2D eigenvalue weighted by atomic mass is 9.67. The van der Waals surface area contributed by atoms with Crippen molar-refractivity contribution in [3.63, 3.8) is 0 Å². The van der Waals surface area contributed by atoms with Crippen molar-refractivity contribution in [2.45, 2.75) is 104 Å². The van der Waals surface area contributed by atoms with E-state index < -0.39 is 29.6 Å². The summed E-state index contributed by atoms with van der Waals surface area (Å²) in [6.45, 7) is 15.0. The molecule has 3 fully saturated rings. The number of halogens is 4. The minimum Gasteiger partial charge on any atom is -0.493 e. The van der Waals surface area contributed by atoms with Crippen LogP contribution in [-0.4, -0.2) is 77.5 Å². The summed E-state index contributed by atoms with van der Waals surface area (Å²) in [5, 5.41) is 7.24. The van der Waals surface area contributed by atoms with Crippen molar-refractivity contribution >= 4 is 5.91 Å². The zero-order valence-corrected chi connectivity index (χ0v) is 27.3. The fourth-order valence-corrected chi connectivity index (χ4v) is 6.85. The van der Waals surface area contributed by atoms with Gasteiger partial charge in [-0.05, 0) is 42.2 Å². The standard InChI is InChI=1S/C21H30F3N5O.C10H11FO.C2H6.CH4/c1-18(2,3)16-7-6-14-15(26-16)8-28(12-21(22,23)24)17(30)20-9-19(14,4)10-25-13-29(11-20)27(20)5;1-2-7-8-5-6-12-10(8)4-3-9(7)11;1-2;/h6-7,25H,8-13H2,1-5H3;3-4H,2,5-6H2,1H3;1-2H3;1H4. The lowest BCUT2D eigenvalue weighted by Crippen LogP contribution is -2.81. The number of hydrazine groups is 1. The summed E-state index contributed by atoms with van der Waals surface area (Å²) in [5.74, 6) is 0.315. The maximum Gasteiger partial charge on any atom is 0.406 e. The number of nitrogens with one attached hydrogen (secondary N) is 1. The van der Waals surface area contributed by atoms with Crippen LogP contribution >= 0.6 is 0 Å². The van der Waals surface area contributed by atoms with Crippen LogP contribution in [0, 0.1) is 5.82 Å². The Balaban J connectivity index is 0.000000308. The highest BCUT2D eigenvalue weighted by molar-refractivity contribution is 5.88. The first-order valence-corrected chi connectivity index (χ1v) is 15.6. The molecule has 1 N–H and O–H groups in total. The summed E-state index contributed by atoms with van der Waals surface area (Å²) >= 11 is 0. The van der Waals surface area contributed by atoms with Crippen LogP contribution in [0.25, 0.3) is 0 Å². The molecule has 7 rings (SSSR count). The zero-order chi connectivity index (χ0) is 32.7. The van der Waals surface area contributed by atoms with Crippen molar-refractivity contribution in [1.29, 1.82) is 0 Å². The molecular formula is C34H51F4N5O2. The fraction of sp³-hybridized carbons (Fsp3) is 0.647. The molecule has 0 aliphatic carbocycles. The maximum absolute atomic E-state index is 13.6. The Labute approximate surface area is 266 Å². The second kappa shape index (κ2) is 13.5. The maximum atomic E-state index is 13.6. The van der Waals surface area contributed by atoms with Gasteiger partial charge in [0.05, 0.1) is 25.5 Å². The number of alkyl halides is 3.